The Labute approximate surface area is 296 Å². The van der Waals surface area contributed by atoms with Gasteiger partial charge in [0.25, 0.3) is 5.91 Å². The van der Waals surface area contributed by atoms with Crippen molar-refractivity contribution in [2.75, 3.05) is 29.9 Å². The lowest BCUT2D eigenvalue weighted by Crippen LogP contribution is -2.40. The molecule has 2 atom stereocenters. The van der Waals surface area contributed by atoms with Crippen LogP contribution in [0.25, 0.3) is 5.82 Å². The maximum absolute atomic E-state index is 13.8. The fourth-order valence-corrected chi connectivity index (χ4v) is 10.2. The molecule has 0 aromatic carbocycles. The SMILES string of the molecule is CC.CC(C)(C)CC1CNc2cccc(n2)SNC(=O)c2ccc(-n3ccc(OCCC4C5(CC5)C45CC5)n3)nc2N2CC(C1)CC2(C)C. The quantitative estimate of drug-likeness (QED) is 0.249. The van der Waals surface area contributed by atoms with Gasteiger partial charge in [0.1, 0.15) is 16.7 Å². The highest BCUT2D eigenvalue weighted by molar-refractivity contribution is 7.97. The number of nitrogens with one attached hydrogen (secondary N) is 2. The molecule has 8 rings (SSSR count). The molecule has 4 fully saturated rings. The first-order chi connectivity index (χ1) is 23.4. The van der Waals surface area contributed by atoms with Gasteiger partial charge in [0.05, 0.1) is 12.2 Å². The number of ether oxygens (including phenoxy) is 1. The van der Waals surface area contributed by atoms with Gasteiger partial charge in [0.15, 0.2) is 5.82 Å². The van der Waals surface area contributed by atoms with E-state index in [1.54, 1.807) is 4.68 Å². The van der Waals surface area contributed by atoms with E-state index in [2.05, 4.69) is 49.6 Å². The number of aromatic nitrogens is 4. The Bertz CT molecular complexity index is 1650. The van der Waals surface area contributed by atoms with E-state index < -0.39 is 0 Å². The van der Waals surface area contributed by atoms with Gasteiger partial charge in [-0.15, -0.1) is 5.10 Å². The highest BCUT2D eigenvalue weighted by Gasteiger charge is 2.85. The summed E-state index contributed by atoms with van der Waals surface area (Å²) in [6, 6.07) is 11.6. The van der Waals surface area contributed by atoms with Gasteiger partial charge in [-0.3, -0.25) is 9.52 Å². The van der Waals surface area contributed by atoms with E-state index in [-0.39, 0.29) is 16.9 Å². The third-order valence-corrected chi connectivity index (χ3v) is 12.4. The third kappa shape index (κ3) is 6.78. The van der Waals surface area contributed by atoms with E-state index in [1.165, 1.54) is 37.6 Å². The average Bonchev–Trinajstić information content (AvgIpc) is 4.02. The summed E-state index contributed by atoms with van der Waals surface area (Å²) in [5.41, 5.74) is 2.01. The molecule has 264 valence electrons. The molecule has 2 unspecified atom stereocenters. The van der Waals surface area contributed by atoms with Crippen LogP contribution in [0.1, 0.15) is 110 Å². The van der Waals surface area contributed by atoms with Gasteiger partial charge in [-0.2, -0.15) is 0 Å². The lowest BCUT2D eigenvalue weighted by Gasteiger charge is -2.34. The van der Waals surface area contributed by atoms with Crippen molar-refractivity contribution in [2.45, 2.75) is 110 Å². The number of fused-ring (bicyclic) bond motifs is 7. The predicted octanol–water partition coefficient (Wildman–Crippen LogP) is 8.56. The van der Waals surface area contributed by atoms with E-state index in [1.807, 2.05) is 56.4 Å². The largest absolute Gasteiger partial charge is 0.477 e. The Balaban J connectivity index is 0.00000186. The topological polar surface area (TPSA) is 97.2 Å². The van der Waals surface area contributed by atoms with Gasteiger partial charge >= 0.3 is 0 Å². The molecular weight excluding hydrogens is 631 g/mol. The maximum atomic E-state index is 13.8. The Kier molecular flexibility index (Phi) is 8.94. The van der Waals surface area contributed by atoms with Crippen molar-refractivity contribution in [3.05, 3.63) is 48.2 Å². The van der Waals surface area contributed by atoms with Crippen LogP contribution < -0.4 is 19.7 Å². The minimum absolute atomic E-state index is 0.167. The molecule has 5 aliphatic rings. The van der Waals surface area contributed by atoms with Crippen LogP contribution in [0, 0.1) is 34.0 Å². The summed E-state index contributed by atoms with van der Waals surface area (Å²) >= 11 is 1.24. The second-order valence-corrected chi connectivity index (χ2v) is 17.6. The first-order valence-corrected chi connectivity index (χ1v) is 19.4. The summed E-state index contributed by atoms with van der Waals surface area (Å²) in [5, 5.41) is 9.11. The van der Waals surface area contributed by atoms with Gasteiger partial charge in [-0.1, -0.05) is 40.7 Å². The molecule has 3 saturated carbocycles. The van der Waals surface area contributed by atoms with Crippen LogP contribution >= 0.6 is 11.9 Å². The smallest absolute Gasteiger partial charge is 0.265 e. The number of carbonyl (C=O) groups excluding carboxylic acids is 1. The zero-order valence-corrected chi connectivity index (χ0v) is 31.3. The summed E-state index contributed by atoms with van der Waals surface area (Å²) in [7, 11) is 0. The van der Waals surface area contributed by atoms with E-state index >= 15 is 0 Å². The second kappa shape index (κ2) is 12.8. The summed E-state index contributed by atoms with van der Waals surface area (Å²) in [6.45, 7) is 18.0. The molecule has 0 radical (unpaired) electrons. The standard InChI is InChI=1S/C37H49N7O2S.C2H6/c1-34(2,3)20-24-19-25-21-35(4,5)43(23-25)32-26(33(45)42-47-31-8-6-7-28(39-31)38-22-24)9-10-29(40-32)44-17-11-30(41-44)46-18-12-27-36(13-14-36)37(27)15-16-37;1-2/h6-11,17,24-25,27H,12-16,18-23H2,1-5H3,(H,38,39)(H,42,45);1-2H3. The molecule has 2 spiro atoms. The average molecular weight is 686 g/mol. The molecule has 49 heavy (non-hydrogen) atoms. The number of amides is 1. The van der Waals surface area contributed by atoms with Crippen LogP contribution in [0.15, 0.2) is 47.6 Å². The van der Waals surface area contributed by atoms with Crippen LogP contribution in [0.4, 0.5) is 11.6 Å². The number of pyridine rings is 2. The van der Waals surface area contributed by atoms with Crippen molar-refractivity contribution < 1.29 is 9.53 Å². The molecule has 1 amide bonds. The van der Waals surface area contributed by atoms with Crippen molar-refractivity contribution in [3.63, 3.8) is 0 Å². The highest BCUT2D eigenvalue weighted by atomic mass is 32.2. The summed E-state index contributed by atoms with van der Waals surface area (Å²) in [4.78, 5) is 26.1. The molecule has 4 bridgehead atoms. The Hall–Kier alpha value is -3.27. The normalized spacial score (nSPS) is 24.5. The summed E-state index contributed by atoms with van der Waals surface area (Å²) < 4.78 is 11.0. The summed E-state index contributed by atoms with van der Waals surface area (Å²) in [6.07, 6.45) is 12.0. The lowest BCUT2D eigenvalue weighted by atomic mass is 9.79. The number of rotatable bonds is 6. The number of hydrogen-bond donors (Lipinski definition) is 2. The highest BCUT2D eigenvalue weighted by Crippen LogP contribution is 2.93. The van der Waals surface area contributed by atoms with Gasteiger partial charge in [-0.05, 0) is 123 Å². The Morgan fingerprint density at radius 3 is 2.49 bits per heavy atom. The van der Waals surface area contributed by atoms with Crippen LogP contribution in [-0.2, 0) is 0 Å². The molecule has 2 N–H and O–H groups in total. The molecule has 10 heteroatoms. The number of hydrogen-bond acceptors (Lipinski definition) is 8. The van der Waals surface area contributed by atoms with E-state index in [9.17, 15) is 4.79 Å². The predicted molar refractivity (Wildman–Crippen MR) is 197 cm³/mol. The maximum Gasteiger partial charge on any atom is 0.265 e. The zero-order chi connectivity index (χ0) is 34.6. The van der Waals surface area contributed by atoms with Crippen molar-refractivity contribution >= 4 is 29.5 Å². The van der Waals surface area contributed by atoms with E-state index in [0.29, 0.717) is 52.4 Å². The fourth-order valence-electron chi connectivity index (χ4n) is 9.56. The molecular formula is C39H55N7O2S. The van der Waals surface area contributed by atoms with Crippen LogP contribution in [-0.4, -0.2) is 50.9 Å². The monoisotopic (exact) mass is 685 g/mol. The third-order valence-electron chi connectivity index (χ3n) is 11.7. The number of anilines is 2. The van der Waals surface area contributed by atoms with Crippen molar-refractivity contribution in [1.29, 1.82) is 0 Å². The molecule has 5 heterocycles. The number of nitrogens with zero attached hydrogens (tertiary/aromatic N) is 5. The Morgan fingerprint density at radius 2 is 1.78 bits per heavy atom. The van der Waals surface area contributed by atoms with Gasteiger partial charge < -0.3 is 15.0 Å². The molecule has 9 nitrogen and oxygen atoms in total. The lowest BCUT2D eigenvalue weighted by molar-refractivity contribution is 0.0984. The van der Waals surface area contributed by atoms with Gasteiger partial charge in [-0.25, -0.2) is 14.6 Å². The minimum Gasteiger partial charge on any atom is -0.477 e. The second-order valence-electron chi connectivity index (χ2n) is 16.8. The van der Waals surface area contributed by atoms with E-state index in [4.69, 9.17) is 19.8 Å². The Morgan fingerprint density at radius 1 is 1.02 bits per heavy atom. The molecule has 3 aliphatic carbocycles. The molecule has 2 aliphatic heterocycles. The minimum atomic E-state index is -0.185. The van der Waals surface area contributed by atoms with Crippen LogP contribution in [0.2, 0.25) is 0 Å². The van der Waals surface area contributed by atoms with Crippen LogP contribution in [0.3, 0.4) is 0 Å². The molecule has 1 saturated heterocycles. The van der Waals surface area contributed by atoms with Crippen molar-refractivity contribution in [3.8, 4) is 11.7 Å². The van der Waals surface area contributed by atoms with E-state index in [0.717, 1.165) is 55.5 Å². The van der Waals surface area contributed by atoms with Crippen molar-refractivity contribution in [2.24, 2.45) is 34.0 Å². The number of carbonyl (C=O) groups is 1. The fraction of sp³-hybridized carbons (Fsp3) is 0.641. The van der Waals surface area contributed by atoms with Gasteiger partial charge in [0, 0.05) is 42.8 Å². The van der Waals surface area contributed by atoms with Crippen LogP contribution in [0.5, 0.6) is 5.88 Å². The summed E-state index contributed by atoms with van der Waals surface area (Å²) in [5.74, 6) is 4.49. The van der Waals surface area contributed by atoms with Crippen molar-refractivity contribution in [1.82, 2.24) is 24.5 Å². The first-order valence-electron chi connectivity index (χ1n) is 18.6. The van der Waals surface area contributed by atoms with Gasteiger partial charge in [0.2, 0.25) is 5.88 Å². The molecule has 3 aromatic rings. The molecule has 3 aromatic heterocycles. The first kappa shape index (κ1) is 34.2. The zero-order valence-electron chi connectivity index (χ0n) is 30.5.